The zero-order chi connectivity index (χ0) is 12.6. The van der Waals surface area contributed by atoms with Gasteiger partial charge < -0.3 is 5.11 Å². The van der Waals surface area contributed by atoms with Crippen LogP contribution in [-0.4, -0.2) is 25.1 Å². The lowest BCUT2D eigenvalue weighted by Crippen LogP contribution is -2.09. The molecule has 0 saturated heterocycles. The zero-order valence-corrected chi connectivity index (χ0v) is 11.4. The van der Waals surface area contributed by atoms with Crippen LogP contribution in [0.1, 0.15) is 28.7 Å². The lowest BCUT2D eigenvalue weighted by molar-refractivity contribution is 0.207. The standard InChI is InChI=1S/C11H13BrN4O/c1-6-4-5-8(7(2)13-6)10(17)9-11(12)14-15-16(9)3/h4-5,10,17H,1-3H3. The molecule has 0 aromatic carbocycles. The van der Waals surface area contributed by atoms with E-state index in [0.717, 1.165) is 17.0 Å². The Labute approximate surface area is 108 Å². The molecular weight excluding hydrogens is 284 g/mol. The lowest BCUT2D eigenvalue weighted by atomic mass is 10.1. The first-order chi connectivity index (χ1) is 8.00. The van der Waals surface area contributed by atoms with Crippen LogP contribution in [-0.2, 0) is 7.05 Å². The summed E-state index contributed by atoms with van der Waals surface area (Å²) in [7, 11) is 1.74. The highest BCUT2D eigenvalue weighted by molar-refractivity contribution is 9.10. The van der Waals surface area contributed by atoms with Crippen molar-refractivity contribution in [2.24, 2.45) is 7.05 Å². The molecule has 6 heteroatoms. The quantitative estimate of drug-likeness (QED) is 0.916. The maximum absolute atomic E-state index is 10.3. The minimum absolute atomic E-state index is 0.549. The topological polar surface area (TPSA) is 63.8 Å². The number of aromatic nitrogens is 4. The largest absolute Gasteiger partial charge is 0.382 e. The van der Waals surface area contributed by atoms with E-state index in [4.69, 9.17) is 0 Å². The summed E-state index contributed by atoms with van der Waals surface area (Å²) in [4.78, 5) is 4.34. The number of nitrogens with zero attached hydrogens (tertiary/aromatic N) is 4. The van der Waals surface area contributed by atoms with Crippen molar-refractivity contribution >= 4 is 15.9 Å². The molecule has 0 saturated carbocycles. The van der Waals surface area contributed by atoms with Gasteiger partial charge in [0.25, 0.3) is 0 Å². The SMILES string of the molecule is Cc1ccc(C(O)c2c(Br)nnn2C)c(C)n1. The summed E-state index contributed by atoms with van der Waals surface area (Å²) in [5.74, 6) is 0. The van der Waals surface area contributed by atoms with E-state index in [1.807, 2.05) is 26.0 Å². The molecule has 0 aliphatic rings. The Hall–Kier alpha value is -1.27. The van der Waals surface area contributed by atoms with E-state index in [1.165, 1.54) is 0 Å². The first kappa shape index (κ1) is 12.2. The van der Waals surface area contributed by atoms with Gasteiger partial charge in [-0.3, -0.25) is 4.98 Å². The predicted molar refractivity (Wildman–Crippen MR) is 66.5 cm³/mol. The molecule has 0 spiro atoms. The second-order valence-electron chi connectivity index (χ2n) is 3.92. The Kier molecular flexibility index (Phi) is 3.26. The van der Waals surface area contributed by atoms with Crippen LogP contribution >= 0.6 is 15.9 Å². The molecule has 0 amide bonds. The van der Waals surface area contributed by atoms with Gasteiger partial charge in [-0.25, -0.2) is 4.68 Å². The molecule has 1 atom stereocenters. The van der Waals surface area contributed by atoms with Gasteiger partial charge in [-0.1, -0.05) is 11.3 Å². The van der Waals surface area contributed by atoms with E-state index in [1.54, 1.807) is 11.7 Å². The second-order valence-corrected chi connectivity index (χ2v) is 4.67. The Balaban J connectivity index is 2.47. The fourth-order valence-corrected chi connectivity index (χ4v) is 2.31. The van der Waals surface area contributed by atoms with Gasteiger partial charge in [0.2, 0.25) is 0 Å². The Morgan fingerprint density at radius 2 is 2.06 bits per heavy atom. The van der Waals surface area contributed by atoms with Gasteiger partial charge in [0.15, 0.2) is 4.60 Å². The van der Waals surface area contributed by atoms with Crippen molar-refractivity contribution in [2.75, 3.05) is 0 Å². The number of aliphatic hydroxyl groups excluding tert-OH is 1. The fraction of sp³-hybridized carbons (Fsp3) is 0.364. The van der Waals surface area contributed by atoms with Gasteiger partial charge >= 0.3 is 0 Å². The van der Waals surface area contributed by atoms with Crippen LogP contribution in [0.5, 0.6) is 0 Å². The third-order valence-corrected chi connectivity index (χ3v) is 3.21. The highest BCUT2D eigenvalue weighted by atomic mass is 79.9. The maximum Gasteiger partial charge on any atom is 0.154 e. The van der Waals surface area contributed by atoms with Crippen LogP contribution in [0.4, 0.5) is 0 Å². The summed E-state index contributed by atoms with van der Waals surface area (Å²) < 4.78 is 2.10. The minimum Gasteiger partial charge on any atom is -0.382 e. The highest BCUT2D eigenvalue weighted by Crippen LogP contribution is 2.27. The summed E-state index contributed by atoms with van der Waals surface area (Å²) >= 11 is 3.28. The zero-order valence-electron chi connectivity index (χ0n) is 9.85. The summed E-state index contributed by atoms with van der Waals surface area (Å²) in [5.41, 5.74) is 3.13. The number of aliphatic hydroxyl groups is 1. The molecule has 2 aromatic rings. The third kappa shape index (κ3) is 2.23. The summed E-state index contributed by atoms with van der Waals surface area (Å²) in [6.45, 7) is 3.80. The molecule has 2 heterocycles. The predicted octanol–water partition coefficient (Wildman–Crippen LogP) is 1.67. The van der Waals surface area contributed by atoms with Gasteiger partial charge in [0.05, 0.1) is 0 Å². The summed E-state index contributed by atoms with van der Waals surface area (Å²) in [6, 6.07) is 3.75. The van der Waals surface area contributed by atoms with Crippen LogP contribution in [0.15, 0.2) is 16.7 Å². The molecule has 1 unspecified atom stereocenters. The van der Waals surface area contributed by atoms with E-state index in [2.05, 4.69) is 31.2 Å². The van der Waals surface area contributed by atoms with Crippen molar-refractivity contribution in [3.05, 3.63) is 39.4 Å². The number of halogens is 1. The van der Waals surface area contributed by atoms with Crippen LogP contribution in [0.2, 0.25) is 0 Å². The van der Waals surface area contributed by atoms with E-state index in [9.17, 15) is 5.11 Å². The van der Waals surface area contributed by atoms with Gasteiger partial charge in [0.1, 0.15) is 11.8 Å². The van der Waals surface area contributed by atoms with Crippen molar-refractivity contribution in [1.29, 1.82) is 0 Å². The molecule has 0 radical (unpaired) electrons. The molecule has 17 heavy (non-hydrogen) atoms. The molecule has 0 aliphatic heterocycles. The molecule has 0 bridgehead atoms. The van der Waals surface area contributed by atoms with Crippen LogP contribution in [0.3, 0.4) is 0 Å². The number of pyridine rings is 1. The Bertz CT molecular complexity index is 533. The molecule has 2 aromatic heterocycles. The normalized spacial score (nSPS) is 12.8. The Morgan fingerprint density at radius 3 is 2.59 bits per heavy atom. The Morgan fingerprint density at radius 1 is 1.35 bits per heavy atom. The number of hydrogen-bond donors (Lipinski definition) is 1. The summed E-state index contributed by atoms with van der Waals surface area (Å²) in [5, 5.41) is 18.1. The van der Waals surface area contributed by atoms with Crippen LogP contribution in [0, 0.1) is 13.8 Å². The molecule has 1 N–H and O–H groups in total. The number of hydrogen-bond acceptors (Lipinski definition) is 4. The van der Waals surface area contributed by atoms with Crippen molar-refractivity contribution in [1.82, 2.24) is 20.0 Å². The average molecular weight is 297 g/mol. The average Bonchev–Trinajstić information content (AvgIpc) is 2.58. The van der Waals surface area contributed by atoms with E-state index in [0.29, 0.717) is 10.3 Å². The number of aryl methyl sites for hydroxylation is 3. The lowest BCUT2D eigenvalue weighted by Gasteiger charge is -2.13. The smallest absolute Gasteiger partial charge is 0.154 e. The van der Waals surface area contributed by atoms with Gasteiger partial charge in [-0.15, -0.1) is 5.10 Å². The monoisotopic (exact) mass is 296 g/mol. The number of rotatable bonds is 2. The third-order valence-electron chi connectivity index (χ3n) is 2.65. The van der Waals surface area contributed by atoms with Crippen molar-refractivity contribution in [3.8, 4) is 0 Å². The van der Waals surface area contributed by atoms with Crippen molar-refractivity contribution in [3.63, 3.8) is 0 Å². The van der Waals surface area contributed by atoms with Crippen LogP contribution in [0.25, 0.3) is 0 Å². The maximum atomic E-state index is 10.3. The fourth-order valence-electron chi connectivity index (χ4n) is 1.76. The van der Waals surface area contributed by atoms with Crippen LogP contribution < -0.4 is 0 Å². The van der Waals surface area contributed by atoms with Gasteiger partial charge in [-0.2, -0.15) is 0 Å². The van der Waals surface area contributed by atoms with Crippen molar-refractivity contribution < 1.29 is 5.11 Å². The first-order valence-electron chi connectivity index (χ1n) is 5.18. The van der Waals surface area contributed by atoms with Crippen molar-refractivity contribution in [2.45, 2.75) is 20.0 Å². The van der Waals surface area contributed by atoms with E-state index in [-0.39, 0.29) is 0 Å². The van der Waals surface area contributed by atoms with E-state index >= 15 is 0 Å². The highest BCUT2D eigenvalue weighted by Gasteiger charge is 2.21. The second kappa shape index (κ2) is 4.54. The molecule has 5 nitrogen and oxygen atoms in total. The summed E-state index contributed by atoms with van der Waals surface area (Å²) in [6.07, 6.45) is -0.780. The molecule has 0 fully saturated rings. The van der Waals surface area contributed by atoms with E-state index < -0.39 is 6.10 Å². The molecule has 2 rings (SSSR count). The minimum atomic E-state index is -0.780. The molecule has 90 valence electrons. The molecule has 0 aliphatic carbocycles. The molecular formula is C11H13BrN4O. The van der Waals surface area contributed by atoms with Gasteiger partial charge in [0, 0.05) is 24.0 Å². The first-order valence-corrected chi connectivity index (χ1v) is 5.97. The van der Waals surface area contributed by atoms with Gasteiger partial charge in [-0.05, 0) is 35.8 Å².